The Kier molecular flexibility index (Phi) is 5.50. The number of amides is 2. The van der Waals surface area contributed by atoms with Crippen molar-refractivity contribution in [3.8, 4) is 0 Å². The molecule has 8 heteroatoms. The second-order valence-electron chi connectivity index (χ2n) is 5.73. The van der Waals surface area contributed by atoms with E-state index in [0.717, 1.165) is 0 Å². The van der Waals surface area contributed by atoms with Crippen LogP contribution in [0.1, 0.15) is 31.5 Å². The summed E-state index contributed by atoms with van der Waals surface area (Å²) in [6.07, 6.45) is 3.18. The van der Waals surface area contributed by atoms with Gasteiger partial charge in [-0.15, -0.1) is 6.58 Å². The number of esters is 1. The highest BCUT2D eigenvalue weighted by Crippen LogP contribution is 2.19. The first-order valence-electron chi connectivity index (χ1n) is 8.41. The van der Waals surface area contributed by atoms with Crippen molar-refractivity contribution in [3.63, 3.8) is 0 Å². The van der Waals surface area contributed by atoms with Gasteiger partial charge in [-0.05, 0) is 24.3 Å². The Morgan fingerprint density at radius 3 is 2.64 bits per heavy atom. The molecule has 2 heterocycles. The van der Waals surface area contributed by atoms with Crippen molar-refractivity contribution in [2.75, 3.05) is 19.0 Å². The number of benzene rings is 1. The van der Waals surface area contributed by atoms with Crippen molar-refractivity contribution in [2.24, 2.45) is 0 Å². The monoisotopic (exact) mass is 378 g/mol. The van der Waals surface area contributed by atoms with E-state index in [0.29, 0.717) is 5.52 Å². The van der Waals surface area contributed by atoms with Gasteiger partial charge in [-0.1, -0.05) is 24.3 Å². The van der Waals surface area contributed by atoms with E-state index in [1.165, 1.54) is 11.5 Å². The lowest BCUT2D eigenvalue weighted by atomic mass is 10.2. The average molecular weight is 378 g/mol. The van der Waals surface area contributed by atoms with Gasteiger partial charge in [-0.25, -0.2) is 9.78 Å². The molecule has 0 saturated carbocycles. The number of aromatic nitrogens is 2. The predicted octanol–water partition coefficient (Wildman–Crippen LogP) is 2.29. The first-order chi connectivity index (χ1) is 13.6. The first-order valence-corrected chi connectivity index (χ1v) is 8.41. The van der Waals surface area contributed by atoms with Crippen LogP contribution >= 0.6 is 0 Å². The van der Waals surface area contributed by atoms with Crippen LogP contribution in [-0.4, -0.2) is 40.8 Å². The normalized spacial score (nSPS) is 10.3. The fourth-order valence-corrected chi connectivity index (χ4v) is 2.67. The van der Waals surface area contributed by atoms with E-state index in [2.05, 4.69) is 22.2 Å². The van der Waals surface area contributed by atoms with E-state index >= 15 is 0 Å². The third kappa shape index (κ3) is 3.61. The van der Waals surface area contributed by atoms with Crippen molar-refractivity contribution in [2.45, 2.75) is 0 Å². The molecule has 0 radical (unpaired) electrons. The number of ether oxygens (including phenoxy) is 1. The zero-order valence-electron chi connectivity index (χ0n) is 15.1. The van der Waals surface area contributed by atoms with Crippen molar-refractivity contribution < 1.29 is 19.1 Å². The van der Waals surface area contributed by atoms with Gasteiger partial charge in [0, 0.05) is 12.7 Å². The number of methoxy groups -OCH3 is 1. The maximum absolute atomic E-state index is 12.8. The van der Waals surface area contributed by atoms with E-state index in [1.807, 2.05) is 0 Å². The lowest BCUT2D eigenvalue weighted by Gasteiger charge is -2.09. The van der Waals surface area contributed by atoms with Crippen LogP contribution in [0.15, 0.2) is 61.3 Å². The Balaban J connectivity index is 1.98. The van der Waals surface area contributed by atoms with Crippen LogP contribution in [0.25, 0.3) is 5.52 Å². The van der Waals surface area contributed by atoms with Crippen LogP contribution in [-0.2, 0) is 4.74 Å². The summed E-state index contributed by atoms with van der Waals surface area (Å²) >= 11 is 0. The molecular weight excluding hydrogens is 360 g/mol. The number of carbonyl (C=O) groups excluding carboxylic acids is 3. The maximum Gasteiger partial charge on any atom is 0.339 e. The topological polar surface area (TPSA) is 102 Å². The Morgan fingerprint density at radius 2 is 1.89 bits per heavy atom. The molecule has 0 saturated heterocycles. The van der Waals surface area contributed by atoms with E-state index in [-0.39, 0.29) is 29.3 Å². The molecule has 28 heavy (non-hydrogen) atoms. The third-order valence-corrected chi connectivity index (χ3v) is 3.95. The number of anilines is 1. The second kappa shape index (κ2) is 8.17. The molecule has 0 spiro atoms. The van der Waals surface area contributed by atoms with Gasteiger partial charge in [-0.3, -0.25) is 14.0 Å². The molecule has 0 aliphatic carbocycles. The first kappa shape index (κ1) is 18.8. The van der Waals surface area contributed by atoms with Gasteiger partial charge in [0.05, 0.1) is 23.9 Å². The summed E-state index contributed by atoms with van der Waals surface area (Å²) < 4.78 is 6.25. The Labute approximate surface area is 160 Å². The lowest BCUT2D eigenvalue weighted by Crippen LogP contribution is -2.24. The van der Waals surface area contributed by atoms with Gasteiger partial charge >= 0.3 is 5.97 Å². The number of carbonyl (C=O) groups is 3. The van der Waals surface area contributed by atoms with Crippen molar-refractivity contribution in [3.05, 3.63) is 78.4 Å². The van der Waals surface area contributed by atoms with Crippen LogP contribution < -0.4 is 10.6 Å². The number of para-hydroxylation sites is 1. The number of imidazole rings is 1. The van der Waals surface area contributed by atoms with Crippen LogP contribution in [0.3, 0.4) is 0 Å². The summed E-state index contributed by atoms with van der Waals surface area (Å²) in [6, 6.07) is 11.6. The van der Waals surface area contributed by atoms with E-state index in [4.69, 9.17) is 4.74 Å². The van der Waals surface area contributed by atoms with Gasteiger partial charge in [0.2, 0.25) is 5.82 Å². The molecular formula is C20H18N4O4. The zero-order chi connectivity index (χ0) is 20.1. The van der Waals surface area contributed by atoms with Crippen LogP contribution in [0.4, 0.5) is 5.69 Å². The molecule has 3 aromatic rings. The standard InChI is InChI=1S/C20H18N4O4/c1-3-11-21-18(25)16-15-10-6-7-12-24(15)17(23-16)19(26)22-14-9-5-4-8-13(14)20(27)28-2/h3-10,12H,1,11H2,2H3,(H,21,25)(H,22,26). The van der Waals surface area contributed by atoms with Gasteiger partial charge in [0.1, 0.15) is 0 Å². The molecule has 1 aromatic carbocycles. The minimum absolute atomic E-state index is 0.0130. The summed E-state index contributed by atoms with van der Waals surface area (Å²) in [5, 5.41) is 5.31. The van der Waals surface area contributed by atoms with Gasteiger partial charge in [-0.2, -0.15) is 0 Å². The summed E-state index contributed by atoms with van der Waals surface area (Å²) in [5.41, 5.74) is 1.09. The molecule has 2 N–H and O–H groups in total. The Bertz CT molecular complexity index is 1070. The number of pyridine rings is 1. The van der Waals surface area contributed by atoms with Crippen LogP contribution in [0, 0.1) is 0 Å². The predicted molar refractivity (Wildman–Crippen MR) is 103 cm³/mol. The highest BCUT2D eigenvalue weighted by Gasteiger charge is 2.22. The summed E-state index contributed by atoms with van der Waals surface area (Å²) in [7, 11) is 1.26. The average Bonchev–Trinajstić information content (AvgIpc) is 3.12. The lowest BCUT2D eigenvalue weighted by molar-refractivity contribution is 0.0601. The van der Waals surface area contributed by atoms with Crippen molar-refractivity contribution in [1.82, 2.24) is 14.7 Å². The Morgan fingerprint density at radius 1 is 1.14 bits per heavy atom. The number of rotatable bonds is 6. The largest absolute Gasteiger partial charge is 0.465 e. The highest BCUT2D eigenvalue weighted by atomic mass is 16.5. The number of hydrogen-bond acceptors (Lipinski definition) is 5. The number of hydrogen-bond donors (Lipinski definition) is 2. The number of fused-ring (bicyclic) bond motifs is 1. The maximum atomic E-state index is 12.8. The van der Waals surface area contributed by atoms with E-state index in [9.17, 15) is 14.4 Å². The zero-order valence-corrected chi connectivity index (χ0v) is 15.1. The minimum Gasteiger partial charge on any atom is -0.465 e. The fourth-order valence-electron chi connectivity index (χ4n) is 2.67. The van der Waals surface area contributed by atoms with E-state index < -0.39 is 17.8 Å². The number of nitrogens with one attached hydrogen (secondary N) is 2. The molecule has 2 aromatic heterocycles. The summed E-state index contributed by atoms with van der Waals surface area (Å²) in [6.45, 7) is 3.83. The number of nitrogens with zero attached hydrogens (tertiary/aromatic N) is 2. The quantitative estimate of drug-likeness (QED) is 0.506. The molecule has 2 amide bonds. The third-order valence-electron chi connectivity index (χ3n) is 3.95. The van der Waals surface area contributed by atoms with Gasteiger partial charge in [0.25, 0.3) is 11.8 Å². The molecule has 8 nitrogen and oxygen atoms in total. The van der Waals surface area contributed by atoms with Crippen molar-refractivity contribution in [1.29, 1.82) is 0 Å². The highest BCUT2D eigenvalue weighted by molar-refractivity contribution is 6.08. The molecule has 0 atom stereocenters. The molecule has 0 aliphatic heterocycles. The molecule has 3 rings (SSSR count). The SMILES string of the molecule is C=CCNC(=O)c1nc(C(=O)Nc2ccccc2C(=O)OC)n2ccccc12. The van der Waals surface area contributed by atoms with Crippen LogP contribution in [0.5, 0.6) is 0 Å². The second-order valence-corrected chi connectivity index (χ2v) is 5.73. The smallest absolute Gasteiger partial charge is 0.339 e. The van der Waals surface area contributed by atoms with Crippen LogP contribution in [0.2, 0.25) is 0 Å². The Hall–Kier alpha value is -3.94. The van der Waals surface area contributed by atoms with Gasteiger partial charge < -0.3 is 15.4 Å². The van der Waals surface area contributed by atoms with Gasteiger partial charge in [0.15, 0.2) is 5.69 Å². The summed E-state index contributed by atoms with van der Waals surface area (Å²) in [5.74, 6) is -1.55. The van der Waals surface area contributed by atoms with Crippen molar-refractivity contribution >= 4 is 29.0 Å². The fraction of sp³-hybridized carbons (Fsp3) is 0.100. The molecule has 0 unspecified atom stereocenters. The minimum atomic E-state index is -0.576. The van der Waals surface area contributed by atoms with E-state index in [1.54, 1.807) is 54.7 Å². The molecule has 142 valence electrons. The molecule has 0 fully saturated rings. The molecule has 0 bridgehead atoms. The summed E-state index contributed by atoms with van der Waals surface area (Å²) in [4.78, 5) is 41.3. The molecule has 0 aliphatic rings.